The van der Waals surface area contributed by atoms with Crippen LogP contribution in [0.15, 0.2) is 22.6 Å². The summed E-state index contributed by atoms with van der Waals surface area (Å²) in [6, 6.07) is 5.83. The Balaban J connectivity index is 2.37. The van der Waals surface area contributed by atoms with Crippen LogP contribution in [0.1, 0.15) is 24.2 Å². The summed E-state index contributed by atoms with van der Waals surface area (Å²) in [7, 11) is 0. The molecule has 1 atom stereocenters. The van der Waals surface area contributed by atoms with Gasteiger partial charge in [-0.15, -0.1) is 0 Å². The van der Waals surface area contributed by atoms with Gasteiger partial charge in [-0.05, 0) is 39.0 Å². The van der Waals surface area contributed by atoms with Crippen molar-refractivity contribution in [2.24, 2.45) is 5.73 Å². The first-order chi connectivity index (χ1) is 8.04. The molecule has 0 aliphatic heterocycles. The van der Waals surface area contributed by atoms with Crippen LogP contribution in [-0.2, 0) is 6.42 Å². The van der Waals surface area contributed by atoms with Crippen LogP contribution in [0.2, 0.25) is 0 Å². The Morgan fingerprint density at radius 3 is 2.65 bits per heavy atom. The van der Waals surface area contributed by atoms with Crippen molar-refractivity contribution in [1.29, 1.82) is 0 Å². The van der Waals surface area contributed by atoms with E-state index in [-0.39, 0.29) is 6.04 Å². The lowest BCUT2D eigenvalue weighted by Crippen LogP contribution is -2.19. The second-order valence-electron chi connectivity index (χ2n) is 4.40. The second kappa shape index (κ2) is 4.67. The number of nitrogens with zero attached hydrogens (tertiary/aromatic N) is 2. The SMILES string of the molecule is Cc1cc(-c2ccc(C)o2)nc(CC(C)N)n1. The van der Waals surface area contributed by atoms with Gasteiger partial charge in [0.05, 0.1) is 0 Å². The molecule has 2 aromatic heterocycles. The normalized spacial score (nSPS) is 12.7. The van der Waals surface area contributed by atoms with E-state index in [1.807, 2.05) is 39.0 Å². The molecular weight excluding hydrogens is 214 g/mol. The van der Waals surface area contributed by atoms with E-state index in [9.17, 15) is 0 Å². The standard InChI is InChI=1S/C13H17N3O/c1-8(14)6-13-15-9(2)7-11(16-13)12-5-4-10(3)17-12/h4-5,7-8H,6,14H2,1-3H3. The number of rotatable bonds is 3. The lowest BCUT2D eigenvalue weighted by molar-refractivity contribution is 0.545. The molecule has 90 valence electrons. The highest BCUT2D eigenvalue weighted by atomic mass is 16.3. The van der Waals surface area contributed by atoms with E-state index in [2.05, 4.69) is 9.97 Å². The van der Waals surface area contributed by atoms with Crippen molar-refractivity contribution in [3.63, 3.8) is 0 Å². The maximum Gasteiger partial charge on any atom is 0.152 e. The van der Waals surface area contributed by atoms with Gasteiger partial charge >= 0.3 is 0 Å². The van der Waals surface area contributed by atoms with E-state index < -0.39 is 0 Å². The predicted molar refractivity (Wildman–Crippen MR) is 66.6 cm³/mol. The zero-order valence-electron chi connectivity index (χ0n) is 10.4. The quantitative estimate of drug-likeness (QED) is 0.879. The highest BCUT2D eigenvalue weighted by Crippen LogP contribution is 2.20. The molecule has 0 radical (unpaired) electrons. The van der Waals surface area contributed by atoms with Crippen LogP contribution < -0.4 is 5.73 Å². The van der Waals surface area contributed by atoms with Gasteiger partial charge in [-0.3, -0.25) is 0 Å². The summed E-state index contributed by atoms with van der Waals surface area (Å²) in [5.74, 6) is 2.42. The Morgan fingerprint density at radius 1 is 1.29 bits per heavy atom. The predicted octanol–water partition coefficient (Wildman–Crippen LogP) is 2.24. The molecule has 2 heterocycles. The Kier molecular flexibility index (Phi) is 3.24. The summed E-state index contributed by atoms with van der Waals surface area (Å²) in [5.41, 5.74) is 7.51. The Morgan fingerprint density at radius 2 is 2.06 bits per heavy atom. The van der Waals surface area contributed by atoms with E-state index >= 15 is 0 Å². The number of nitrogens with two attached hydrogens (primary N) is 1. The van der Waals surface area contributed by atoms with E-state index in [0.717, 1.165) is 28.7 Å². The zero-order chi connectivity index (χ0) is 12.4. The summed E-state index contributed by atoms with van der Waals surface area (Å²) in [5, 5.41) is 0. The van der Waals surface area contributed by atoms with Gasteiger partial charge < -0.3 is 10.2 Å². The van der Waals surface area contributed by atoms with Gasteiger partial charge in [-0.25, -0.2) is 9.97 Å². The number of hydrogen-bond donors (Lipinski definition) is 1. The highest BCUT2D eigenvalue weighted by Gasteiger charge is 2.09. The fourth-order valence-electron chi connectivity index (χ4n) is 1.71. The van der Waals surface area contributed by atoms with Crippen molar-refractivity contribution in [3.8, 4) is 11.5 Å². The molecule has 0 saturated carbocycles. The molecule has 1 unspecified atom stereocenters. The van der Waals surface area contributed by atoms with Crippen LogP contribution in [-0.4, -0.2) is 16.0 Å². The number of hydrogen-bond acceptors (Lipinski definition) is 4. The first-order valence-electron chi connectivity index (χ1n) is 5.71. The number of aryl methyl sites for hydroxylation is 2. The smallest absolute Gasteiger partial charge is 0.152 e. The zero-order valence-corrected chi connectivity index (χ0v) is 10.4. The van der Waals surface area contributed by atoms with Gasteiger partial charge in [-0.2, -0.15) is 0 Å². The summed E-state index contributed by atoms with van der Waals surface area (Å²) in [6.45, 7) is 5.81. The van der Waals surface area contributed by atoms with Crippen LogP contribution in [0.3, 0.4) is 0 Å². The molecule has 2 N–H and O–H groups in total. The third-order valence-electron chi connectivity index (χ3n) is 2.40. The molecule has 4 heteroatoms. The second-order valence-corrected chi connectivity index (χ2v) is 4.40. The highest BCUT2D eigenvalue weighted by molar-refractivity contribution is 5.52. The fourth-order valence-corrected chi connectivity index (χ4v) is 1.71. The van der Waals surface area contributed by atoms with E-state index in [4.69, 9.17) is 10.2 Å². The number of furan rings is 1. The average Bonchev–Trinajstić information content (AvgIpc) is 2.62. The third kappa shape index (κ3) is 2.91. The van der Waals surface area contributed by atoms with Gasteiger partial charge in [0, 0.05) is 18.2 Å². The van der Waals surface area contributed by atoms with Crippen molar-refractivity contribution in [1.82, 2.24) is 9.97 Å². The van der Waals surface area contributed by atoms with Crippen LogP contribution in [0.25, 0.3) is 11.5 Å². The van der Waals surface area contributed by atoms with Crippen molar-refractivity contribution < 1.29 is 4.42 Å². The summed E-state index contributed by atoms with van der Waals surface area (Å²) >= 11 is 0. The van der Waals surface area contributed by atoms with Crippen molar-refractivity contribution in [3.05, 3.63) is 35.5 Å². The van der Waals surface area contributed by atoms with Gasteiger partial charge in [0.25, 0.3) is 0 Å². The van der Waals surface area contributed by atoms with E-state index in [1.54, 1.807) is 0 Å². The molecule has 0 aromatic carbocycles. The molecule has 4 nitrogen and oxygen atoms in total. The first kappa shape index (κ1) is 11.8. The van der Waals surface area contributed by atoms with E-state index in [0.29, 0.717) is 6.42 Å². The van der Waals surface area contributed by atoms with Crippen LogP contribution in [0.5, 0.6) is 0 Å². The molecule has 0 amide bonds. The monoisotopic (exact) mass is 231 g/mol. The lowest BCUT2D eigenvalue weighted by atomic mass is 10.2. The summed E-state index contributed by atoms with van der Waals surface area (Å²) in [4.78, 5) is 8.85. The molecular formula is C13H17N3O. The molecule has 0 aliphatic rings. The molecule has 0 saturated heterocycles. The van der Waals surface area contributed by atoms with Gasteiger partial charge in [0.15, 0.2) is 5.76 Å². The minimum atomic E-state index is 0.0583. The van der Waals surface area contributed by atoms with Crippen LogP contribution in [0.4, 0.5) is 0 Å². The molecule has 0 bridgehead atoms. The summed E-state index contributed by atoms with van der Waals surface area (Å²) in [6.07, 6.45) is 0.675. The Bertz CT molecular complexity index is 517. The molecule has 2 rings (SSSR count). The Hall–Kier alpha value is -1.68. The molecule has 0 aliphatic carbocycles. The van der Waals surface area contributed by atoms with Crippen LogP contribution >= 0.6 is 0 Å². The minimum absolute atomic E-state index is 0.0583. The van der Waals surface area contributed by atoms with E-state index in [1.165, 1.54) is 0 Å². The topological polar surface area (TPSA) is 64.9 Å². The molecule has 0 fully saturated rings. The largest absolute Gasteiger partial charge is 0.460 e. The van der Waals surface area contributed by atoms with Crippen molar-refractivity contribution >= 4 is 0 Å². The van der Waals surface area contributed by atoms with Gasteiger partial charge in [0.1, 0.15) is 17.3 Å². The fraction of sp³-hybridized carbons (Fsp3) is 0.385. The number of aromatic nitrogens is 2. The minimum Gasteiger partial charge on any atom is -0.460 e. The molecule has 2 aromatic rings. The summed E-state index contributed by atoms with van der Waals surface area (Å²) < 4.78 is 5.56. The maximum atomic E-state index is 5.76. The van der Waals surface area contributed by atoms with Crippen molar-refractivity contribution in [2.45, 2.75) is 33.2 Å². The van der Waals surface area contributed by atoms with Crippen LogP contribution in [0, 0.1) is 13.8 Å². The third-order valence-corrected chi connectivity index (χ3v) is 2.40. The molecule has 0 spiro atoms. The Labute approximate surface area is 101 Å². The average molecular weight is 231 g/mol. The van der Waals surface area contributed by atoms with Gasteiger partial charge in [0.2, 0.25) is 0 Å². The van der Waals surface area contributed by atoms with Crippen molar-refractivity contribution in [2.75, 3.05) is 0 Å². The lowest BCUT2D eigenvalue weighted by Gasteiger charge is -2.06. The van der Waals surface area contributed by atoms with Gasteiger partial charge in [-0.1, -0.05) is 0 Å². The molecule has 17 heavy (non-hydrogen) atoms. The maximum absolute atomic E-state index is 5.76. The first-order valence-corrected chi connectivity index (χ1v) is 5.71.